The highest BCUT2D eigenvalue weighted by atomic mass is 19.4. The van der Waals surface area contributed by atoms with E-state index in [4.69, 9.17) is 4.74 Å². The normalized spacial score (nSPS) is 27.6. The zero-order valence-electron chi connectivity index (χ0n) is 30.1. The Hall–Kier alpha value is -4.72. The number of aliphatic hydroxyl groups excluding tert-OH is 1. The molecule has 3 N–H and O–H groups in total. The molecule has 14 heteroatoms. The Labute approximate surface area is 311 Å². The number of benzene rings is 1. The molecule has 1 aromatic carbocycles. The Bertz CT molecular complexity index is 2030. The number of piperidine rings is 1. The molecule has 1 saturated heterocycles. The van der Waals surface area contributed by atoms with E-state index in [1.165, 1.54) is 6.07 Å². The van der Waals surface area contributed by atoms with Crippen LogP contribution in [0.4, 0.5) is 19.1 Å². The third-order valence-electron chi connectivity index (χ3n) is 12.2. The first-order chi connectivity index (χ1) is 25.9. The first kappa shape index (κ1) is 36.3. The highest BCUT2D eigenvalue weighted by molar-refractivity contribution is 6.00. The molecule has 3 aliphatic carbocycles. The van der Waals surface area contributed by atoms with Gasteiger partial charge in [0.2, 0.25) is 5.95 Å². The molecule has 0 spiro atoms. The molecule has 3 saturated carbocycles. The van der Waals surface area contributed by atoms with Gasteiger partial charge in [0.1, 0.15) is 17.4 Å². The van der Waals surface area contributed by atoms with Crippen LogP contribution in [0.3, 0.4) is 0 Å². The van der Waals surface area contributed by atoms with Crippen LogP contribution in [0.15, 0.2) is 55.0 Å². The Morgan fingerprint density at radius 2 is 1.72 bits per heavy atom. The van der Waals surface area contributed by atoms with Crippen molar-refractivity contribution in [1.29, 1.82) is 0 Å². The van der Waals surface area contributed by atoms with Gasteiger partial charge in [0.05, 0.1) is 22.9 Å². The fraction of sp³-hybridized carbons (Fsp3) is 0.525. The lowest BCUT2D eigenvalue weighted by atomic mass is 9.78. The molecule has 4 aliphatic rings. The zero-order chi connectivity index (χ0) is 37.8. The number of amides is 1. The van der Waals surface area contributed by atoms with Crippen molar-refractivity contribution in [2.45, 2.75) is 101 Å². The van der Waals surface area contributed by atoms with Crippen LogP contribution in [0, 0.1) is 17.8 Å². The van der Waals surface area contributed by atoms with E-state index >= 15 is 0 Å². The maximum Gasteiger partial charge on any atom is 0.434 e. The van der Waals surface area contributed by atoms with Crippen LogP contribution in [0.5, 0.6) is 5.75 Å². The largest absolute Gasteiger partial charge is 0.490 e. The lowest BCUT2D eigenvalue weighted by Gasteiger charge is -2.33. The number of ether oxygens (including phenoxy) is 1. The van der Waals surface area contributed by atoms with Gasteiger partial charge < -0.3 is 29.7 Å². The first-order valence-corrected chi connectivity index (χ1v) is 19.0. The number of pyridine rings is 1. The maximum atomic E-state index is 14.8. The first-order valence-electron chi connectivity index (χ1n) is 19.0. The average molecular weight is 747 g/mol. The Morgan fingerprint density at radius 1 is 0.981 bits per heavy atom. The number of carbonyl (C=O) groups is 2. The second-order valence-electron chi connectivity index (χ2n) is 15.8. The number of aliphatic hydroxyl groups is 1. The number of alkyl halides is 3. The minimum absolute atomic E-state index is 0.00176. The van der Waals surface area contributed by atoms with Crippen LogP contribution in [0.1, 0.15) is 93.2 Å². The Balaban J connectivity index is 1.10. The molecule has 286 valence electrons. The topological polar surface area (TPSA) is 143 Å². The number of nitrogens with zero attached hydrogens (tertiary/aromatic N) is 5. The van der Waals surface area contributed by atoms with E-state index in [2.05, 4.69) is 29.7 Å². The number of anilines is 1. The van der Waals surface area contributed by atoms with Gasteiger partial charge in [0, 0.05) is 67.6 Å². The number of aliphatic carboxylic acids is 1. The zero-order valence-corrected chi connectivity index (χ0v) is 30.1. The quantitative estimate of drug-likeness (QED) is 0.173. The number of carboxylic acids is 1. The molecule has 11 nitrogen and oxygen atoms in total. The van der Waals surface area contributed by atoms with E-state index in [0.717, 1.165) is 43.9 Å². The third kappa shape index (κ3) is 6.88. The predicted octanol–water partition coefficient (Wildman–Crippen LogP) is 7.05. The van der Waals surface area contributed by atoms with Gasteiger partial charge in [-0.25, -0.2) is 19.7 Å². The summed E-state index contributed by atoms with van der Waals surface area (Å²) in [5.41, 5.74) is -2.39. The summed E-state index contributed by atoms with van der Waals surface area (Å²) >= 11 is 0. The molecule has 54 heavy (non-hydrogen) atoms. The van der Waals surface area contributed by atoms with Crippen molar-refractivity contribution in [1.82, 2.24) is 24.8 Å². The Morgan fingerprint density at radius 3 is 2.43 bits per heavy atom. The third-order valence-corrected chi connectivity index (χ3v) is 12.2. The summed E-state index contributed by atoms with van der Waals surface area (Å²) in [6, 6.07) is 9.89. The van der Waals surface area contributed by atoms with Crippen molar-refractivity contribution in [3.63, 3.8) is 0 Å². The highest BCUT2D eigenvalue weighted by Crippen LogP contribution is 2.51. The molecule has 2 bridgehead atoms. The summed E-state index contributed by atoms with van der Waals surface area (Å²) in [5, 5.41) is 23.8. The van der Waals surface area contributed by atoms with Crippen LogP contribution in [-0.2, 0) is 11.0 Å². The van der Waals surface area contributed by atoms with Crippen molar-refractivity contribution in [2.75, 3.05) is 18.0 Å². The molecule has 4 unspecified atom stereocenters. The van der Waals surface area contributed by atoms with Gasteiger partial charge in [-0.15, -0.1) is 0 Å². The number of carbonyl (C=O) groups excluding carboxylic acids is 1. The lowest BCUT2D eigenvalue weighted by Crippen LogP contribution is -2.57. The van der Waals surface area contributed by atoms with Gasteiger partial charge >= 0.3 is 12.1 Å². The van der Waals surface area contributed by atoms with Gasteiger partial charge in [-0.05, 0) is 99.5 Å². The molecule has 8 rings (SSSR count). The number of fused-ring (bicyclic) bond motifs is 3. The predicted molar refractivity (Wildman–Crippen MR) is 194 cm³/mol. The summed E-state index contributed by atoms with van der Waals surface area (Å²) in [6.07, 6.45) is 6.22. The molecule has 4 fully saturated rings. The average Bonchev–Trinajstić information content (AvgIpc) is 3.66. The van der Waals surface area contributed by atoms with E-state index in [-0.39, 0.29) is 42.0 Å². The van der Waals surface area contributed by atoms with Crippen molar-refractivity contribution in [3.05, 3.63) is 66.2 Å². The number of rotatable bonds is 8. The lowest BCUT2D eigenvalue weighted by molar-refractivity contribution is -0.146. The van der Waals surface area contributed by atoms with Crippen LogP contribution in [0.25, 0.3) is 22.2 Å². The van der Waals surface area contributed by atoms with Crippen molar-refractivity contribution >= 4 is 28.7 Å². The second-order valence-corrected chi connectivity index (χ2v) is 15.8. The van der Waals surface area contributed by atoms with E-state index < -0.39 is 41.0 Å². The van der Waals surface area contributed by atoms with Crippen LogP contribution < -0.4 is 15.0 Å². The number of nitrogens with one attached hydrogen (secondary N) is 1. The van der Waals surface area contributed by atoms with E-state index in [1.54, 1.807) is 18.5 Å². The number of halogens is 3. The maximum absolute atomic E-state index is 14.8. The summed E-state index contributed by atoms with van der Waals surface area (Å²) in [5.74, 6) is -0.956. The van der Waals surface area contributed by atoms with Gasteiger partial charge in [-0.1, -0.05) is 6.92 Å². The second kappa shape index (κ2) is 14.2. The minimum atomic E-state index is -4.99. The number of aromatic nitrogens is 4. The van der Waals surface area contributed by atoms with Gasteiger partial charge in [0.25, 0.3) is 5.91 Å². The molecule has 1 amide bonds. The summed E-state index contributed by atoms with van der Waals surface area (Å²) in [7, 11) is 0. The molecule has 0 radical (unpaired) electrons. The van der Waals surface area contributed by atoms with Crippen LogP contribution >= 0.6 is 0 Å². The number of carboxylic acid groups (broad SMARTS) is 1. The fourth-order valence-electron chi connectivity index (χ4n) is 9.65. The van der Waals surface area contributed by atoms with Crippen LogP contribution in [0.2, 0.25) is 0 Å². The van der Waals surface area contributed by atoms with Gasteiger partial charge in [-0.3, -0.25) is 4.79 Å². The van der Waals surface area contributed by atoms with Gasteiger partial charge in [0.15, 0.2) is 5.69 Å². The van der Waals surface area contributed by atoms with E-state index in [1.807, 2.05) is 31.3 Å². The number of hydrogen-bond donors (Lipinski definition) is 3. The van der Waals surface area contributed by atoms with E-state index in [0.29, 0.717) is 61.2 Å². The molecular formula is C40H45F3N6O5. The summed E-state index contributed by atoms with van der Waals surface area (Å²) in [6.45, 7) is 3.51. The number of hydrogen-bond acceptors (Lipinski definition) is 8. The van der Waals surface area contributed by atoms with E-state index in [9.17, 15) is 33.0 Å². The molecule has 4 aromatic rings. The molecule has 1 aliphatic heterocycles. The van der Waals surface area contributed by atoms with Gasteiger partial charge in [-0.2, -0.15) is 13.2 Å². The monoisotopic (exact) mass is 746 g/mol. The minimum Gasteiger partial charge on any atom is -0.490 e. The fourth-order valence-corrected chi connectivity index (χ4v) is 9.65. The smallest absolute Gasteiger partial charge is 0.434 e. The molecule has 4 atom stereocenters. The summed E-state index contributed by atoms with van der Waals surface area (Å²) < 4.78 is 52.8. The standard InChI is InChI=1S/C40H45F3N6O5/c1-23-17-24-19-25(18-23)39(21-24,37(52)53)47-36(51)31-9-10-33(46-35(31)40(41,42)43)32-22-49(26-3-5-27(50)6-4-26)34-20-29(7-8-30(32)34)54-28-11-15-48(16-12-28)38-44-13-2-14-45-38/h2,7-10,13-14,20,22-28,50H,3-6,11-12,15-19,21H2,1H3,(H,47,51)(H,52,53). The van der Waals surface area contributed by atoms with Crippen molar-refractivity contribution < 1.29 is 37.7 Å². The summed E-state index contributed by atoms with van der Waals surface area (Å²) in [4.78, 5) is 41.3. The Kier molecular flexibility index (Phi) is 9.51. The highest BCUT2D eigenvalue weighted by Gasteiger charge is 2.56. The molecular weight excluding hydrogens is 701 g/mol. The van der Waals surface area contributed by atoms with Crippen molar-refractivity contribution in [2.24, 2.45) is 17.8 Å². The SMILES string of the molecule is CC1CC2CC(C1)C(NC(=O)c1ccc(-c3cn(C4CCC(O)CC4)c4cc(OC5CCN(c6ncccn6)CC5)ccc34)nc1C(F)(F)F)(C(=O)O)C2. The molecule has 3 aromatic heterocycles. The molecule has 4 heterocycles. The van der Waals surface area contributed by atoms with Crippen molar-refractivity contribution in [3.8, 4) is 17.0 Å². The van der Waals surface area contributed by atoms with Crippen LogP contribution in [-0.4, -0.2) is 72.4 Å².